The van der Waals surface area contributed by atoms with Crippen molar-refractivity contribution in [1.82, 2.24) is 14.5 Å². The number of aromatic nitrogens is 3. The highest BCUT2D eigenvalue weighted by molar-refractivity contribution is 5.92. The molecule has 0 radical (unpaired) electrons. The molecule has 1 fully saturated rings. The van der Waals surface area contributed by atoms with Crippen LogP contribution in [-0.2, 0) is 4.79 Å². The van der Waals surface area contributed by atoms with Crippen molar-refractivity contribution in [3.63, 3.8) is 0 Å². The maximum atomic E-state index is 12.6. The van der Waals surface area contributed by atoms with E-state index < -0.39 is 0 Å². The van der Waals surface area contributed by atoms with E-state index in [4.69, 9.17) is 5.73 Å². The first kappa shape index (κ1) is 22.4. The van der Waals surface area contributed by atoms with E-state index in [0.29, 0.717) is 24.5 Å². The number of aryl methyl sites for hydroxylation is 1. The highest BCUT2D eigenvalue weighted by Gasteiger charge is 2.33. The van der Waals surface area contributed by atoms with E-state index in [9.17, 15) is 4.79 Å². The smallest absolute Gasteiger partial charge is 0.225 e. The van der Waals surface area contributed by atoms with Gasteiger partial charge >= 0.3 is 0 Å². The minimum atomic E-state index is -0.0460. The summed E-state index contributed by atoms with van der Waals surface area (Å²) in [5.74, 6) is 1.52. The molecular formula is C18H27Cl2N5O. The first-order valence-corrected chi connectivity index (χ1v) is 8.59. The van der Waals surface area contributed by atoms with E-state index in [2.05, 4.69) is 15.3 Å². The number of halogens is 2. The van der Waals surface area contributed by atoms with Gasteiger partial charge in [0.05, 0.1) is 5.69 Å². The summed E-state index contributed by atoms with van der Waals surface area (Å²) in [6.07, 6.45) is 11.4. The van der Waals surface area contributed by atoms with E-state index in [-0.39, 0.29) is 36.1 Å². The van der Waals surface area contributed by atoms with Crippen LogP contribution < -0.4 is 11.1 Å². The Bertz CT molecular complexity index is 713. The fourth-order valence-corrected chi connectivity index (χ4v) is 3.58. The molecule has 3 N–H and O–H groups in total. The summed E-state index contributed by atoms with van der Waals surface area (Å²) < 4.78 is 1.87. The number of pyridine rings is 1. The maximum Gasteiger partial charge on any atom is 0.225 e. The number of rotatable bonds is 5. The fourth-order valence-electron chi connectivity index (χ4n) is 3.58. The predicted molar refractivity (Wildman–Crippen MR) is 108 cm³/mol. The van der Waals surface area contributed by atoms with Gasteiger partial charge in [-0.05, 0) is 43.9 Å². The standard InChI is InChI=1S/C18H25N5O.2ClH/c1-14-20-10-11-23(14)17-15(6-5-9-21-17)22-16(24)12-18(13-19)7-3-2-4-8-18;;/h5-6,9-11H,2-4,7-8,12-13,19H2,1H3,(H,22,24);2*1H. The molecule has 1 amide bonds. The van der Waals surface area contributed by atoms with E-state index in [1.165, 1.54) is 6.42 Å². The van der Waals surface area contributed by atoms with Gasteiger partial charge in [-0.3, -0.25) is 9.36 Å². The molecular weight excluding hydrogens is 373 g/mol. The number of hydrogen-bond donors (Lipinski definition) is 2. The molecule has 0 aromatic carbocycles. The Hall–Kier alpha value is -1.63. The van der Waals surface area contributed by atoms with Crippen LogP contribution in [0.4, 0.5) is 5.69 Å². The molecule has 8 heteroatoms. The second-order valence-corrected chi connectivity index (χ2v) is 6.71. The average molecular weight is 400 g/mol. The van der Waals surface area contributed by atoms with Crippen molar-refractivity contribution >= 4 is 36.4 Å². The number of nitrogens with two attached hydrogens (primary N) is 1. The van der Waals surface area contributed by atoms with Crippen LogP contribution in [0.3, 0.4) is 0 Å². The molecule has 2 heterocycles. The van der Waals surface area contributed by atoms with Crippen LogP contribution in [0.2, 0.25) is 0 Å². The number of nitrogens with zero attached hydrogens (tertiary/aromatic N) is 3. The quantitative estimate of drug-likeness (QED) is 0.802. The van der Waals surface area contributed by atoms with E-state index in [1.54, 1.807) is 12.4 Å². The van der Waals surface area contributed by atoms with Gasteiger partial charge < -0.3 is 11.1 Å². The molecule has 0 aliphatic heterocycles. The Morgan fingerprint density at radius 1 is 1.23 bits per heavy atom. The molecule has 3 rings (SSSR count). The third-order valence-electron chi connectivity index (χ3n) is 5.00. The molecule has 0 atom stereocenters. The lowest BCUT2D eigenvalue weighted by atomic mass is 9.71. The Balaban J connectivity index is 0.00000169. The van der Waals surface area contributed by atoms with Crippen LogP contribution >= 0.6 is 24.8 Å². The van der Waals surface area contributed by atoms with Crippen molar-refractivity contribution in [1.29, 1.82) is 0 Å². The Morgan fingerprint density at radius 2 is 1.96 bits per heavy atom. The minimum Gasteiger partial charge on any atom is -0.330 e. The minimum absolute atomic E-state index is 0. The van der Waals surface area contributed by atoms with Gasteiger partial charge in [0.1, 0.15) is 5.82 Å². The first-order valence-electron chi connectivity index (χ1n) is 8.59. The summed E-state index contributed by atoms with van der Waals surface area (Å²) in [4.78, 5) is 21.3. The topological polar surface area (TPSA) is 85.8 Å². The van der Waals surface area contributed by atoms with Crippen molar-refractivity contribution in [2.45, 2.75) is 45.4 Å². The molecule has 2 aromatic heterocycles. The lowest BCUT2D eigenvalue weighted by Crippen LogP contribution is -2.36. The summed E-state index contributed by atoms with van der Waals surface area (Å²) in [6.45, 7) is 2.48. The number of imidazole rings is 1. The molecule has 0 spiro atoms. The molecule has 6 nitrogen and oxygen atoms in total. The van der Waals surface area contributed by atoms with Crippen LogP contribution in [0, 0.1) is 12.3 Å². The first-order chi connectivity index (χ1) is 11.6. The summed E-state index contributed by atoms with van der Waals surface area (Å²) >= 11 is 0. The van der Waals surface area contributed by atoms with E-state index in [1.807, 2.05) is 29.8 Å². The molecule has 0 unspecified atom stereocenters. The van der Waals surface area contributed by atoms with Crippen LogP contribution in [0.25, 0.3) is 5.82 Å². The third kappa shape index (κ3) is 4.96. The number of amides is 1. The van der Waals surface area contributed by atoms with E-state index in [0.717, 1.165) is 31.5 Å². The molecule has 2 aromatic rings. The molecule has 1 aliphatic carbocycles. The van der Waals surface area contributed by atoms with Crippen molar-refractivity contribution in [3.05, 3.63) is 36.5 Å². The van der Waals surface area contributed by atoms with Gasteiger partial charge in [-0.1, -0.05) is 19.3 Å². The Labute approximate surface area is 166 Å². The predicted octanol–water partition coefficient (Wildman–Crippen LogP) is 3.66. The SMILES string of the molecule is Cc1nccn1-c1ncccc1NC(=O)CC1(CN)CCCCC1.Cl.Cl. The van der Waals surface area contributed by atoms with Gasteiger partial charge in [0.15, 0.2) is 5.82 Å². The number of anilines is 1. The summed E-state index contributed by atoms with van der Waals surface area (Å²) in [6, 6.07) is 3.69. The number of carbonyl (C=O) groups excluding carboxylic acids is 1. The second-order valence-electron chi connectivity index (χ2n) is 6.71. The lowest BCUT2D eigenvalue weighted by molar-refractivity contribution is -0.118. The van der Waals surface area contributed by atoms with Gasteiger partial charge in [0.2, 0.25) is 5.91 Å². The van der Waals surface area contributed by atoms with Crippen LogP contribution in [0.5, 0.6) is 0 Å². The van der Waals surface area contributed by atoms with Crippen LogP contribution in [-0.4, -0.2) is 27.0 Å². The van der Waals surface area contributed by atoms with Crippen LogP contribution in [0.15, 0.2) is 30.7 Å². The second kappa shape index (κ2) is 9.90. The van der Waals surface area contributed by atoms with Gasteiger partial charge in [-0.2, -0.15) is 0 Å². The van der Waals surface area contributed by atoms with Crippen molar-refractivity contribution in [3.8, 4) is 5.82 Å². The molecule has 1 saturated carbocycles. The van der Waals surface area contributed by atoms with Gasteiger partial charge in [-0.25, -0.2) is 9.97 Å². The molecule has 1 aliphatic rings. The Kier molecular flexibility index (Phi) is 8.53. The average Bonchev–Trinajstić information content (AvgIpc) is 3.02. The molecule has 144 valence electrons. The van der Waals surface area contributed by atoms with Crippen molar-refractivity contribution in [2.24, 2.45) is 11.1 Å². The van der Waals surface area contributed by atoms with Gasteiger partial charge in [-0.15, -0.1) is 24.8 Å². The maximum absolute atomic E-state index is 12.6. The monoisotopic (exact) mass is 399 g/mol. The third-order valence-corrected chi connectivity index (χ3v) is 5.00. The van der Waals surface area contributed by atoms with Gasteiger partial charge in [0, 0.05) is 25.0 Å². The van der Waals surface area contributed by atoms with Crippen molar-refractivity contribution < 1.29 is 4.79 Å². The van der Waals surface area contributed by atoms with Gasteiger partial charge in [0.25, 0.3) is 0 Å². The summed E-state index contributed by atoms with van der Waals surface area (Å²) in [5, 5.41) is 3.03. The Morgan fingerprint density at radius 3 is 2.58 bits per heavy atom. The highest BCUT2D eigenvalue weighted by Crippen LogP contribution is 2.38. The normalized spacial score (nSPS) is 15.5. The highest BCUT2D eigenvalue weighted by atomic mass is 35.5. The van der Waals surface area contributed by atoms with Crippen LogP contribution in [0.1, 0.15) is 44.3 Å². The van der Waals surface area contributed by atoms with Crippen molar-refractivity contribution in [2.75, 3.05) is 11.9 Å². The zero-order valence-electron chi connectivity index (χ0n) is 15.0. The number of carbonyl (C=O) groups is 1. The fraction of sp³-hybridized carbons (Fsp3) is 0.500. The number of nitrogens with one attached hydrogen (secondary N) is 1. The largest absolute Gasteiger partial charge is 0.330 e. The zero-order valence-corrected chi connectivity index (χ0v) is 16.6. The van der Waals surface area contributed by atoms with E-state index >= 15 is 0 Å². The number of hydrogen-bond acceptors (Lipinski definition) is 4. The molecule has 0 saturated heterocycles. The molecule has 0 bridgehead atoms. The molecule has 26 heavy (non-hydrogen) atoms. The summed E-state index contributed by atoms with van der Waals surface area (Å²) in [7, 11) is 0. The zero-order chi connectivity index (χ0) is 17.0. The summed E-state index contributed by atoms with van der Waals surface area (Å²) in [5.41, 5.74) is 6.66. The lowest BCUT2D eigenvalue weighted by Gasteiger charge is -2.35.